The lowest BCUT2D eigenvalue weighted by atomic mass is 9.97. The normalized spacial score (nSPS) is 11.3. The highest BCUT2D eigenvalue weighted by atomic mass is 35.5. The van der Waals surface area contributed by atoms with Gasteiger partial charge in [0.1, 0.15) is 17.5 Å². The molecule has 0 bridgehead atoms. The number of rotatable bonds is 9. The third-order valence-electron chi connectivity index (χ3n) is 6.36. The second-order valence-electron chi connectivity index (χ2n) is 9.11. The summed E-state index contributed by atoms with van der Waals surface area (Å²) in [6.45, 7) is 1.43. The maximum atomic E-state index is 13.7. The van der Waals surface area contributed by atoms with Crippen molar-refractivity contribution >= 4 is 35.1 Å². The molecule has 0 unspecified atom stereocenters. The number of ether oxygens (including phenoxy) is 2. The maximum Gasteiger partial charge on any atom is 0.412 e. The molecule has 10 heteroatoms. The molecule has 2 amide bonds. The van der Waals surface area contributed by atoms with E-state index in [4.69, 9.17) is 21.1 Å². The number of carbonyl (C=O) groups is 3. The minimum Gasteiger partial charge on any atom is -0.495 e. The van der Waals surface area contributed by atoms with Crippen LogP contribution in [-0.2, 0) is 11.2 Å². The fraction of sp³-hybridized carbons (Fsp3) is 0.161. The zero-order valence-electron chi connectivity index (χ0n) is 22.6. The number of halogens is 1. The van der Waals surface area contributed by atoms with Crippen LogP contribution in [-0.4, -0.2) is 36.5 Å². The van der Waals surface area contributed by atoms with Crippen LogP contribution < -0.4 is 25.7 Å². The van der Waals surface area contributed by atoms with E-state index in [0.717, 1.165) is 5.56 Å². The van der Waals surface area contributed by atoms with Crippen LogP contribution in [0.15, 0.2) is 89.9 Å². The van der Waals surface area contributed by atoms with Crippen molar-refractivity contribution in [1.82, 2.24) is 9.88 Å². The van der Waals surface area contributed by atoms with Gasteiger partial charge in [0.05, 0.1) is 13.3 Å². The largest absolute Gasteiger partial charge is 0.495 e. The van der Waals surface area contributed by atoms with E-state index >= 15 is 0 Å². The van der Waals surface area contributed by atoms with Gasteiger partial charge in [-0.15, -0.1) is 0 Å². The van der Waals surface area contributed by atoms with Gasteiger partial charge in [-0.1, -0.05) is 41.9 Å². The third kappa shape index (κ3) is 7.01. The summed E-state index contributed by atoms with van der Waals surface area (Å²) in [5, 5.41) is 5.59. The molecule has 0 saturated carbocycles. The van der Waals surface area contributed by atoms with E-state index in [2.05, 4.69) is 10.6 Å². The molecule has 1 atom stereocenters. The summed E-state index contributed by atoms with van der Waals surface area (Å²) >= 11 is 6.22. The van der Waals surface area contributed by atoms with Crippen molar-refractivity contribution in [3.8, 4) is 22.6 Å². The molecule has 4 aromatic rings. The van der Waals surface area contributed by atoms with Gasteiger partial charge in [0.15, 0.2) is 5.78 Å². The molecule has 0 aliphatic rings. The first kappa shape index (κ1) is 29.1. The number of anilines is 1. The molecule has 4 rings (SSSR count). The Morgan fingerprint density at radius 2 is 1.66 bits per heavy atom. The molecule has 0 aliphatic heterocycles. The smallest absolute Gasteiger partial charge is 0.412 e. The van der Waals surface area contributed by atoms with Crippen LogP contribution >= 0.6 is 11.6 Å². The molecule has 9 nitrogen and oxygen atoms in total. The van der Waals surface area contributed by atoms with Crippen molar-refractivity contribution in [3.63, 3.8) is 0 Å². The Bertz CT molecular complexity index is 1630. The van der Waals surface area contributed by atoms with Gasteiger partial charge in [-0.25, -0.2) is 4.79 Å². The molecule has 0 aliphatic carbocycles. The number of nitrogens with zero attached hydrogens (tertiary/aromatic N) is 1. The summed E-state index contributed by atoms with van der Waals surface area (Å²) < 4.78 is 12.0. The summed E-state index contributed by atoms with van der Waals surface area (Å²) in [5.74, 6) is -0.0597. The average molecular weight is 574 g/mol. The van der Waals surface area contributed by atoms with Crippen LogP contribution in [0.4, 0.5) is 10.5 Å². The average Bonchev–Trinajstić information content (AvgIpc) is 2.97. The molecule has 3 aromatic carbocycles. The second-order valence-corrected chi connectivity index (χ2v) is 9.54. The lowest BCUT2D eigenvalue weighted by Gasteiger charge is -2.22. The molecule has 0 spiro atoms. The number of Topliss-reactive ketones (excluding diaryl/α,β-unsaturated/α-hetero) is 1. The summed E-state index contributed by atoms with van der Waals surface area (Å²) in [5.41, 5.74) is 2.03. The van der Waals surface area contributed by atoms with E-state index in [9.17, 15) is 19.2 Å². The van der Waals surface area contributed by atoms with Crippen LogP contribution in [0.1, 0.15) is 28.9 Å². The standard InChI is InChI=1S/C31H28ClN3O6/c1-19(36)24-14-9-21(32)16-25(24)26-17-29(37)35(18-28(26)40-3)27(15-20-7-5-4-6-8-20)30(38)34-22-10-12-23(13-11-22)41-31(39)33-2/h4-14,16-18,27H,15H2,1-3H3,(H,33,39)(H,34,38)/t27-/m0/s1. The number of ketones is 1. The van der Waals surface area contributed by atoms with Crippen molar-refractivity contribution in [1.29, 1.82) is 0 Å². The predicted molar refractivity (Wildman–Crippen MR) is 157 cm³/mol. The van der Waals surface area contributed by atoms with Gasteiger partial charge in [0.2, 0.25) is 5.91 Å². The van der Waals surface area contributed by atoms with Crippen molar-refractivity contribution < 1.29 is 23.9 Å². The number of pyridine rings is 1. The highest BCUT2D eigenvalue weighted by Crippen LogP contribution is 2.34. The zero-order valence-corrected chi connectivity index (χ0v) is 23.4. The van der Waals surface area contributed by atoms with Crippen LogP contribution in [0, 0.1) is 0 Å². The first-order valence-corrected chi connectivity index (χ1v) is 13.0. The molecule has 1 aromatic heterocycles. The second kappa shape index (κ2) is 13.0. The quantitative estimate of drug-likeness (QED) is 0.255. The Balaban J connectivity index is 1.74. The topological polar surface area (TPSA) is 116 Å². The molecule has 210 valence electrons. The molecule has 41 heavy (non-hydrogen) atoms. The van der Waals surface area contributed by atoms with E-state index < -0.39 is 23.6 Å². The van der Waals surface area contributed by atoms with E-state index in [1.807, 2.05) is 30.3 Å². The van der Waals surface area contributed by atoms with E-state index in [1.165, 1.54) is 37.9 Å². The monoisotopic (exact) mass is 573 g/mol. The fourth-order valence-corrected chi connectivity index (χ4v) is 4.51. The van der Waals surface area contributed by atoms with Gasteiger partial charge in [-0.2, -0.15) is 0 Å². The van der Waals surface area contributed by atoms with Gasteiger partial charge in [-0.3, -0.25) is 19.0 Å². The fourth-order valence-electron chi connectivity index (χ4n) is 4.34. The zero-order chi connectivity index (χ0) is 29.5. The molecular weight excluding hydrogens is 546 g/mol. The van der Waals surface area contributed by atoms with Gasteiger partial charge in [-0.05, 0) is 60.5 Å². The van der Waals surface area contributed by atoms with Gasteiger partial charge in [0, 0.05) is 41.4 Å². The van der Waals surface area contributed by atoms with E-state index in [1.54, 1.807) is 42.5 Å². The van der Waals surface area contributed by atoms with Crippen LogP contribution in [0.2, 0.25) is 5.02 Å². The molecule has 1 heterocycles. The highest BCUT2D eigenvalue weighted by molar-refractivity contribution is 6.31. The number of aromatic nitrogens is 1. The first-order valence-electron chi connectivity index (χ1n) is 12.7. The maximum absolute atomic E-state index is 13.7. The minimum absolute atomic E-state index is 0.198. The Labute approximate surface area is 241 Å². The number of benzene rings is 3. The van der Waals surface area contributed by atoms with E-state index in [-0.39, 0.29) is 18.0 Å². The van der Waals surface area contributed by atoms with Crippen LogP contribution in [0.5, 0.6) is 11.5 Å². The summed E-state index contributed by atoms with van der Waals surface area (Å²) in [7, 11) is 2.89. The number of nitrogens with one attached hydrogen (secondary N) is 2. The Hall–Kier alpha value is -4.89. The molecule has 0 saturated heterocycles. The number of amides is 2. The SMILES string of the molecule is CNC(=O)Oc1ccc(NC(=O)[C@H](Cc2ccccc2)n2cc(OC)c(-c3cc(Cl)ccc3C(C)=O)cc2=O)cc1. The number of hydrogen-bond donors (Lipinski definition) is 2. The van der Waals surface area contributed by atoms with Gasteiger partial charge in [0.25, 0.3) is 5.56 Å². The lowest BCUT2D eigenvalue weighted by molar-refractivity contribution is -0.119. The first-order chi connectivity index (χ1) is 19.7. The lowest BCUT2D eigenvalue weighted by Crippen LogP contribution is -2.34. The molecule has 0 fully saturated rings. The minimum atomic E-state index is -0.957. The van der Waals surface area contributed by atoms with Crippen molar-refractivity contribution in [3.05, 3.63) is 112 Å². The number of carbonyl (C=O) groups excluding carboxylic acids is 3. The third-order valence-corrected chi connectivity index (χ3v) is 6.60. The Kier molecular flexibility index (Phi) is 9.21. The number of hydrogen-bond acceptors (Lipinski definition) is 6. The summed E-state index contributed by atoms with van der Waals surface area (Å²) in [6, 6.07) is 20.7. The van der Waals surface area contributed by atoms with Crippen LogP contribution in [0.25, 0.3) is 11.1 Å². The van der Waals surface area contributed by atoms with Crippen molar-refractivity contribution in [2.24, 2.45) is 0 Å². The number of methoxy groups -OCH3 is 1. The Morgan fingerprint density at radius 1 is 0.951 bits per heavy atom. The molecule has 0 radical (unpaired) electrons. The van der Waals surface area contributed by atoms with Gasteiger partial charge < -0.3 is 20.1 Å². The highest BCUT2D eigenvalue weighted by Gasteiger charge is 2.25. The summed E-state index contributed by atoms with van der Waals surface area (Å²) in [4.78, 5) is 51.0. The molecule has 2 N–H and O–H groups in total. The van der Waals surface area contributed by atoms with Gasteiger partial charge >= 0.3 is 6.09 Å². The van der Waals surface area contributed by atoms with E-state index in [0.29, 0.717) is 33.1 Å². The Morgan fingerprint density at radius 3 is 2.29 bits per heavy atom. The summed E-state index contributed by atoms with van der Waals surface area (Å²) in [6.07, 6.45) is 1.06. The van der Waals surface area contributed by atoms with Crippen molar-refractivity contribution in [2.75, 3.05) is 19.5 Å². The van der Waals surface area contributed by atoms with Crippen molar-refractivity contribution in [2.45, 2.75) is 19.4 Å². The predicted octanol–water partition coefficient (Wildman–Crippen LogP) is 5.52. The van der Waals surface area contributed by atoms with Crippen LogP contribution in [0.3, 0.4) is 0 Å². The molecular formula is C31H28ClN3O6.